The highest BCUT2D eigenvalue weighted by Gasteiger charge is 2.05. The molecule has 16 heavy (non-hydrogen) atoms. The molecule has 0 saturated carbocycles. The molecule has 0 fully saturated rings. The Morgan fingerprint density at radius 2 is 2.19 bits per heavy atom. The number of para-hydroxylation sites is 1. The topological polar surface area (TPSA) is 39.4 Å². The molecule has 0 atom stereocenters. The first kappa shape index (κ1) is 10.5. The van der Waals surface area contributed by atoms with Gasteiger partial charge in [0, 0.05) is 0 Å². The number of hydrogen-bond acceptors (Lipinski definition) is 3. The predicted octanol–water partition coefficient (Wildman–Crippen LogP) is 2.75. The van der Waals surface area contributed by atoms with E-state index in [-0.39, 0.29) is 0 Å². The molecule has 0 spiro atoms. The third-order valence-corrected chi connectivity index (χ3v) is 2.09. The summed E-state index contributed by atoms with van der Waals surface area (Å²) in [6.07, 6.45) is 0. The van der Waals surface area contributed by atoms with Gasteiger partial charge in [0.05, 0.1) is 11.5 Å². The van der Waals surface area contributed by atoms with E-state index >= 15 is 0 Å². The van der Waals surface area contributed by atoms with Gasteiger partial charge in [-0.2, -0.15) is 0 Å². The van der Waals surface area contributed by atoms with E-state index in [2.05, 4.69) is 6.58 Å². The Kier molecular flexibility index (Phi) is 2.77. The lowest BCUT2D eigenvalue weighted by atomic mass is 10.2. The van der Waals surface area contributed by atoms with Crippen molar-refractivity contribution in [1.82, 2.24) is 0 Å². The van der Waals surface area contributed by atoms with Crippen LogP contribution in [-0.2, 0) is 0 Å². The number of ether oxygens (including phenoxy) is 1. The Balaban J connectivity index is 2.50. The molecule has 0 bridgehead atoms. The van der Waals surface area contributed by atoms with Gasteiger partial charge in [0.25, 0.3) is 0 Å². The summed E-state index contributed by atoms with van der Waals surface area (Å²) in [5.41, 5.74) is 1.03. The van der Waals surface area contributed by atoms with Crippen molar-refractivity contribution < 1.29 is 9.15 Å². The predicted molar refractivity (Wildman–Crippen MR) is 62.8 cm³/mol. The van der Waals surface area contributed by atoms with Gasteiger partial charge in [-0.15, -0.1) is 0 Å². The SMILES string of the molecule is C=C(C)COc1cc(=O)oc2ccccc12. The lowest BCUT2D eigenvalue weighted by Crippen LogP contribution is -2.03. The van der Waals surface area contributed by atoms with Crippen molar-refractivity contribution in [1.29, 1.82) is 0 Å². The van der Waals surface area contributed by atoms with Gasteiger partial charge in [-0.3, -0.25) is 0 Å². The van der Waals surface area contributed by atoms with Gasteiger partial charge in [0.1, 0.15) is 17.9 Å². The summed E-state index contributed by atoms with van der Waals surface area (Å²) >= 11 is 0. The molecule has 3 nitrogen and oxygen atoms in total. The molecule has 2 rings (SSSR count). The summed E-state index contributed by atoms with van der Waals surface area (Å²) < 4.78 is 10.6. The summed E-state index contributed by atoms with van der Waals surface area (Å²) in [5.74, 6) is 0.537. The Morgan fingerprint density at radius 3 is 2.94 bits per heavy atom. The Bertz CT molecular complexity index is 581. The maximum Gasteiger partial charge on any atom is 0.339 e. The minimum absolute atomic E-state index is 0.396. The fourth-order valence-electron chi connectivity index (χ4n) is 1.40. The van der Waals surface area contributed by atoms with E-state index in [0.717, 1.165) is 11.0 Å². The lowest BCUT2D eigenvalue weighted by Gasteiger charge is -2.07. The van der Waals surface area contributed by atoms with Crippen molar-refractivity contribution in [2.24, 2.45) is 0 Å². The van der Waals surface area contributed by atoms with Crippen molar-refractivity contribution in [3.8, 4) is 5.75 Å². The molecule has 1 aromatic carbocycles. The zero-order valence-corrected chi connectivity index (χ0v) is 9.03. The Hall–Kier alpha value is -2.03. The molecular formula is C13H12O3. The van der Waals surface area contributed by atoms with E-state index in [1.54, 1.807) is 6.07 Å². The minimum atomic E-state index is -0.407. The van der Waals surface area contributed by atoms with Crippen LogP contribution in [0.25, 0.3) is 11.0 Å². The molecule has 0 unspecified atom stereocenters. The highest BCUT2D eigenvalue weighted by molar-refractivity contribution is 5.82. The molecule has 0 N–H and O–H groups in total. The monoisotopic (exact) mass is 216 g/mol. The quantitative estimate of drug-likeness (QED) is 0.585. The average Bonchev–Trinajstić information content (AvgIpc) is 2.25. The number of fused-ring (bicyclic) bond motifs is 1. The van der Waals surface area contributed by atoms with E-state index in [1.165, 1.54) is 6.07 Å². The Labute approximate surface area is 93.0 Å². The third-order valence-electron chi connectivity index (χ3n) is 2.09. The highest BCUT2D eigenvalue weighted by atomic mass is 16.5. The van der Waals surface area contributed by atoms with Crippen LogP contribution in [0, 0.1) is 0 Å². The number of rotatable bonds is 3. The first-order valence-electron chi connectivity index (χ1n) is 4.97. The molecule has 0 saturated heterocycles. The van der Waals surface area contributed by atoms with Crippen molar-refractivity contribution in [3.63, 3.8) is 0 Å². The van der Waals surface area contributed by atoms with Gasteiger partial charge in [0.2, 0.25) is 0 Å². The smallest absolute Gasteiger partial charge is 0.339 e. The maximum atomic E-state index is 11.3. The summed E-state index contributed by atoms with van der Waals surface area (Å²) in [5, 5.41) is 0.795. The molecule has 0 radical (unpaired) electrons. The van der Waals surface area contributed by atoms with Crippen molar-refractivity contribution in [2.75, 3.05) is 6.61 Å². The second-order valence-electron chi connectivity index (χ2n) is 3.67. The van der Waals surface area contributed by atoms with Crippen LogP contribution in [0.3, 0.4) is 0 Å². The van der Waals surface area contributed by atoms with Crippen LogP contribution < -0.4 is 10.4 Å². The van der Waals surface area contributed by atoms with Gasteiger partial charge >= 0.3 is 5.63 Å². The first-order chi connectivity index (χ1) is 7.66. The molecule has 0 amide bonds. The second kappa shape index (κ2) is 4.23. The van der Waals surface area contributed by atoms with Crippen LogP contribution in [0.15, 0.2) is 51.7 Å². The van der Waals surface area contributed by atoms with Crippen molar-refractivity contribution >= 4 is 11.0 Å². The molecule has 2 aromatic rings. The maximum absolute atomic E-state index is 11.3. The number of hydrogen-bond donors (Lipinski definition) is 0. The molecule has 0 aliphatic rings. The van der Waals surface area contributed by atoms with Crippen LogP contribution in [0.5, 0.6) is 5.75 Å². The van der Waals surface area contributed by atoms with Crippen molar-refractivity contribution in [3.05, 3.63) is 52.9 Å². The van der Waals surface area contributed by atoms with Gasteiger partial charge in [-0.25, -0.2) is 4.79 Å². The van der Waals surface area contributed by atoms with Crippen LogP contribution in [0.2, 0.25) is 0 Å². The molecule has 1 heterocycles. The average molecular weight is 216 g/mol. The third kappa shape index (κ3) is 2.14. The van der Waals surface area contributed by atoms with E-state index < -0.39 is 5.63 Å². The molecular weight excluding hydrogens is 204 g/mol. The normalized spacial score (nSPS) is 10.3. The standard InChI is InChI=1S/C13H12O3/c1-9(2)8-15-12-7-13(14)16-11-6-4-3-5-10(11)12/h3-7H,1,8H2,2H3. The van der Waals surface area contributed by atoms with Gasteiger partial charge in [-0.05, 0) is 24.6 Å². The molecule has 3 heteroatoms. The van der Waals surface area contributed by atoms with Crippen LogP contribution in [-0.4, -0.2) is 6.61 Å². The second-order valence-corrected chi connectivity index (χ2v) is 3.67. The summed E-state index contributed by atoms with van der Waals surface area (Å²) in [6.45, 7) is 6.01. The van der Waals surface area contributed by atoms with E-state index in [9.17, 15) is 4.79 Å². The summed E-state index contributed by atoms with van der Waals surface area (Å²) in [7, 11) is 0. The molecule has 0 aliphatic heterocycles. The fourth-order valence-corrected chi connectivity index (χ4v) is 1.40. The molecule has 0 aliphatic carbocycles. The molecule has 1 aromatic heterocycles. The van der Waals surface area contributed by atoms with Gasteiger partial charge in [-0.1, -0.05) is 18.7 Å². The first-order valence-corrected chi connectivity index (χ1v) is 4.97. The number of benzene rings is 1. The zero-order valence-electron chi connectivity index (χ0n) is 9.03. The Morgan fingerprint density at radius 1 is 1.44 bits per heavy atom. The lowest BCUT2D eigenvalue weighted by molar-refractivity contribution is 0.353. The van der Waals surface area contributed by atoms with Crippen LogP contribution in [0.4, 0.5) is 0 Å². The van der Waals surface area contributed by atoms with Crippen LogP contribution >= 0.6 is 0 Å². The highest BCUT2D eigenvalue weighted by Crippen LogP contribution is 2.23. The van der Waals surface area contributed by atoms with E-state index in [1.807, 2.05) is 25.1 Å². The summed E-state index contributed by atoms with van der Waals surface area (Å²) in [4.78, 5) is 11.3. The zero-order chi connectivity index (χ0) is 11.5. The minimum Gasteiger partial charge on any atom is -0.488 e. The van der Waals surface area contributed by atoms with E-state index in [4.69, 9.17) is 9.15 Å². The van der Waals surface area contributed by atoms with Gasteiger partial charge < -0.3 is 9.15 Å². The largest absolute Gasteiger partial charge is 0.488 e. The van der Waals surface area contributed by atoms with Gasteiger partial charge in [0.15, 0.2) is 0 Å². The molecule has 82 valence electrons. The van der Waals surface area contributed by atoms with Crippen molar-refractivity contribution in [2.45, 2.75) is 6.92 Å². The fraction of sp³-hybridized carbons (Fsp3) is 0.154. The summed E-state index contributed by atoms with van der Waals surface area (Å²) in [6, 6.07) is 8.63. The van der Waals surface area contributed by atoms with E-state index in [0.29, 0.717) is 17.9 Å². The van der Waals surface area contributed by atoms with Crippen LogP contribution in [0.1, 0.15) is 6.92 Å².